The molecule has 1 rings (SSSR count). The van der Waals surface area contributed by atoms with Crippen LogP contribution in [0.5, 0.6) is 0 Å². The van der Waals surface area contributed by atoms with Gasteiger partial charge in [0.05, 0.1) is 18.4 Å². The number of methoxy groups -OCH3 is 1. The van der Waals surface area contributed by atoms with Crippen LogP contribution in [0.2, 0.25) is 0 Å². The molecule has 0 aliphatic rings. The zero-order valence-electron chi connectivity index (χ0n) is 12.8. The highest BCUT2D eigenvalue weighted by atomic mass is 16.5. The number of ether oxygens (including phenoxy) is 1. The van der Waals surface area contributed by atoms with Crippen molar-refractivity contribution in [3.8, 4) is 0 Å². The molecule has 4 nitrogen and oxygen atoms in total. The lowest BCUT2D eigenvalue weighted by molar-refractivity contribution is -0.146. The summed E-state index contributed by atoms with van der Waals surface area (Å²) in [6.45, 7) is 5.89. The highest BCUT2D eigenvalue weighted by Gasteiger charge is 2.33. The van der Waals surface area contributed by atoms with Crippen LogP contribution in [-0.4, -0.2) is 37.5 Å². The molecule has 110 valence electrons. The largest absolute Gasteiger partial charge is 0.469 e. The second kappa shape index (κ2) is 6.55. The molecule has 4 heteroatoms. The monoisotopic (exact) mass is 277 g/mol. The quantitative estimate of drug-likeness (QED) is 0.775. The fourth-order valence-electron chi connectivity index (χ4n) is 2.22. The Hall–Kier alpha value is -1.84. The van der Waals surface area contributed by atoms with Crippen LogP contribution in [0.1, 0.15) is 26.3 Å². The van der Waals surface area contributed by atoms with Gasteiger partial charge in [0, 0.05) is 13.6 Å². The second-order valence-electron chi connectivity index (χ2n) is 5.60. The number of hydrogen-bond acceptors (Lipinski definition) is 3. The fourth-order valence-corrected chi connectivity index (χ4v) is 2.22. The van der Waals surface area contributed by atoms with Crippen molar-refractivity contribution in [2.75, 3.05) is 20.7 Å². The standard InChI is InChI=1S/C16H23NO3/c1-12(14(18)20-5)11-17(4)15(19)16(2,3)13-9-7-6-8-10-13/h6-10,12H,11H2,1-5H3. The molecule has 0 fully saturated rings. The zero-order chi connectivity index (χ0) is 15.3. The number of rotatable bonds is 5. The number of hydrogen-bond donors (Lipinski definition) is 0. The van der Waals surface area contributed by atoms with Crippen molar-refractivity contribution in [3.63, 3.8) is 0 Å². The van der Waals surface area contributed by atoms with Crippen molar-refractivity contribution < 1.29 is 14.3 Å². The SMILES string of the molecule is COC(=O)C(C)CN(C)C(=O)C(C)(C)c1ccccc1. The molecule has 1 aromatic carbocycles. The number of carbonyl (C=O) groups excluding carboxylic acids is 2. The first-order valence-corrected chi connectivity index (χ1v) is 6.69. The lowest BCUT2D eigenvalue weighted by atomic mass is 9.83. The van der Waals surface area contributed by atoms with Crippen LogP contribution >= 0.6 is 0 Å². The van der Waals surface area contributed by atoms with Gasteiger partial charge in [0.1, 0.15) is 0 Å². The van der Waals surface area contributed by atoms with Crippen molar-refractivity contribution in [2.24, 2.45) is 5.92 Å². The van der Waals surface area contributed by atoms with Gasteiger partial charge in [0.2, 0.25) is 5.91 Å². The molecule has 0 heterocycles. The Morgan fingerprint density at radius 2 is 1.80 bits per heavy atom. The predicted molar refractivity (Wildman–Crippen MR) is 78.3 cm³/mol. The summed E-state index contributed by atoms with van der Waals surface area (Å²) in [5, 5.41) is 0. The van der Waals surface area contributed by atoms with E-state index in [1.165, 1.54) is 7.11 Å². The summed E-state index contributed by atoms with van der Waals surface area (Å²) in [5.41, 5.74) is 0.342. The van der Waals surface area contributed by atoms with Crippen LogP contribution in [0, 0.1) is 5.92 Å². The first-order chi connectivity index (χ1) is 9.30. The van der Waals surface area contributed by atoms with Gasteiger partial charge in [0.25, 0.3) is 0 Å². The van der Waals surface area contributed by atoms with Crippen molar-refractivity contribution in [1.29, 1.82) is 0 Å². The van der Waals surface area contributed by atoms with E-state index in [0.29, 0.717) is 6.54 Å². The molecule has 0 aliphatic carbocycles. The zero-order valence-corrected chi connectivity index (χ0v) is 12.8. The van der Waals surface area contributed by atoms with Gasteiger partial charge in [-0.1, -0.05) is 37.3 Å². The summed E-state index contributed by atoms with van der Waals surface area (Å²) in [6, 6.07) is 9.64. The van der Waals surface area contributed by atoms with Gasteiger partial charge in [-0.25, -0.2) is 0 Å². The van der Waals surface area contributed by atoms with E-state index < -0.39 is 5.41 Å². The molecule has 20 heavy (non-hydrogen) atoms. The van der Waals surface area contributed by atoms with Crippen LogP contribution in [0.15, 0.2) is 30.3 Å². The molecular formula is C16H23NO3. The third-order valence-corrected chi connectivity index (χ3v) is 3.53. The first kappa shape index (κ1) is 16.2. The minimum Gasteiger partial charge on any atom is -0.469 e. The molecule has 0 radical (unpaired) electrons. The Morgan fingerprint density at radius 3 is 2.30 bits per heavy atom. The van der Waals surface area contributed by atoms with Crippen LogP contribution in [0.25, 0.3) is 0 Å². The Labute approximate surface area is 120 Å². The van der Waals surface area contributed by atoms with Gasteiger partial charge < -0.3 is 9.64 Å². The normalized spacial score (nSPS) is 12.7. The average Bonchev–Trinajstić information content (AvgIpc) is 2.46. The number of benzene rings is 1. The molecule has 1 aromatic rings. The maximum absolute atomic E-state index is 12.6. The maximum atomic E-state index is 12.6. The molecule has 1 amide bonds. The van der Waals surface area contributed by atoms with Crippen LogP contribution in [0.3, 0.4) is 0 Å². The van der Waals surface area contributed by atoms with Crippen molar-refractivity contribution in [2.45, 2.75) is 26.2 Å². The molecule has 1 atom stereocenters. The van der Waals surface area contributed by atoms with Crippen molar-refractivity contribution in [1.82, 2.24) is 4.90 Å². The lowest BCUT2D eigenvalue weighted by Gasteiger charge is -2.31. The Kier molecular flexibility index (Phi) is 5.31. The molecule has 0 bridgehead atoms. The smallest absolute Gasteiger partial charge is 0.310 e. The van der Waals surface area contributed by atoms with E-state index in [-0.39, 0.29) is 17.8 Å². The van der Waals surface area contributed by atoms with Crippen molar-refractivity contribution in [3.05, 3.63) is 35.9 Å². The summed E-state index contributed by atoms with van der Waals surface area (Å²) in [7, 11) is 3.07. The van der Waals surface area contributed by atoms with Gasteiger partial charge in [-0.3, -0.25) is 9.59 Å². The van der Waals surface area contributed by atoms with E-state index in [9.17, 15) is 9.59 Å². The van der Waals surface area contributed by atoms with E-state index in [2.05, 4.69) is 4.74 Å². The summed E-state index contributed by atoms with van der Waals surface area (Å²) in [5.74, 6) is -0.651. The van der Waals surface area contributed by atoms with Crippen LogP contribution in [0.4, 0.5) is 0 Å². The number of esters is 1. The van der Waals surface area contributed by atoms with E-state index in [1.54, 1.807) is 18.9 Å². The maximum Gasteiger partial charge on any atom is 0.310 e. The molecule has 0 spiro atoms. The van der Waals surface area contributed by atoms with Gasteiger partial charge >= 0.3 is 5.97 Å². The molecular weight excluding hydrogens is 254 g/mol. The average molecular weight is 277 g/mol. The van der Waals surface area contributed by atoms with E-state index in [4.69, 9.17) is 0 Å². The highest BCUT2D eigenvalue weighted by Crippen LogP contribution is 2.25. The summed E-state index contributed by atoms with van der Waals surface area (Å²) >= 11 is 0. The van der Waals surface area contributed by atoms with E-state index >= 15 is 0 Å². The molecule has 0 saturated carbocycles. The topological polar surface area (TPSA) is 46.6 Å². The third kappa shape index (κ3) is 3.59. The summed E-state index contributed by atoms with van der Waals surface area (Å²) in [6.07, 6.45) is 0. The predicted octanol–water partition coefficient (Wildman–Crippen LogP) is 2.23. The molecule has 1 unspecified atom stereocenters. The molecule has 0 saturated heterocycles. The molecule has 0 N–H and O–H groups in total. The Bertz CT molecular complexity index is 468. The Morgan fingerprint density at radius 1 is 1.25 bits per heavy atom. The third-order valence-electron chi connectivity index (χ3n) is 3.53. The summed E-state index contributed by atoms with van der Waals surface area (Å²) < 4.78 is 4.69. The number of nitrogens with zero attached hydrogens (tertiary/aromatic N) is 1. The van der Waals surface area contributed by atoms with Crippen LogP contribution < -0.4 is 0 Å². The number of amides is 1. The van der Waals surface area contributed by atoms with E-state index in [0.717, 1.165) is 5.56 Å². The van der Waals surface area contributed by atoms with E-state index in [1.807, 2.05) is 44.2 Å². The fraction of sp³-hybridized carbons (Fsp3) is 0.500. The summed E-state index contributed by atoms with van der Waals surface area (Å²) in [4.78, 5) is 25.6. The minimum atomic E-state index is -0.619. The number of carbonyl (C=O) groups is 2. The molecule has 0 aromatic heterocycles. The van der Waals surface area contributed by atoms with Gasteiger partial charge in [-0.05, 0) is 19.4 Å². The van der Waals surface area contributed by atoms with Crippen LogP contribution in [-0.2, 0) is 19.7 Å². The second-order valence-corrected chi connectivity index (χ2v) is 5.60. The van der Waals surface area contributed by atoms with Crippen molar-refractivity contribution >= 4 is 11.9 Å². The van der Waals surface area contributed by atoms with Gasteiger partial charge in [0.15, 0.2) is 0 Å². The van der Waals surface area contributed by atoms with Gasteiger partial charge in [-0.2, -0.15) is 0 Å². The highest BCUT2D eigenvalue weighted by molar-refractivity contribution is 5.87. The Balaban J connectivity index is 2.81. The first-order valence-electron chi connectivity index (χ1n) is 6.69. The van der Waals surface area contributed by atoms with Gasteiger partial charge in [-0.15, -0.1) is 0 Å². The number of likely N-dealkylation sites (N-methyl/N-ethyl adjacent to an activating group) is 1. The minimum absolute atomic E-state index is 0.0144. The molecule has 0 aliphatic heterocycles. The lowest BCUT2D eigenvalue weighted by Crippen LogP contribution is -2.44.